The molecule has 0 bridgehead atoms. The van der Waals surface area contributed by atoms with Gasteiger partial charge in [-0.2, -0.15) is 5.10 Å². The van der Waals surface area contributed by atoms with Crippen LogP contribution in [0.4, 0.5) is 0 Å². The number of rotatable bonds is 7. The molecule has 7 nitrogen and oxygen atoms in total. The van der Waals surface area contributed by atoms with Crippen molar-refractivity contribution in [1.29, 1.82) is 0 Å². The Labute approximate surface area is 175 Å². The van der Waals surface area contributed by atoms with Gasteiger partial charge >= 0.3 is 0 Å². The van der Waals surface area contributed by atoms with E-state index in [0.717, 1.165) is 17.0 Å². The van der Waals surface area contributed by atoms with Crippen molar-refractivity contribution < 1.29 is 9.21 Å². The Morgan fingerprint density at radius 3 is 2.63 bits per heavy atom. The third-order valence-electron chi connectivity index (χ3n) is 4.87. The van der Waals surface area contributed by atoms with Crippen molar-refractivity contribution in [2.75, 3.05) is 20.6 Å². The van der Waals surface area contributed by atoms with Gasteiger partial charge in [0.05, 0.1) is 23.6 Å². The molecule has 0 aliphatic rings. The van der Waals surface area contributed by atoms with Crippen LogP contribution in [0.5, 0.6) is 0 Å². The fraction of sp³-hybridized carbons (Fsp3) is 0.174. The van der Waals surface area contributed by atoms with Crippen LogP contribution in [0.1, 0.15) is 22.2 Å². The number of nitrogens with zero attached hydrogens (tertiary/aromatic N) is 4. The van der Waals surface area contributed by atoms with Crippen molar-refractivity contribution >= 4 is 5.91 Å². The number of carbonyl (C=O) groups excluding carboxylic acids is 1. The SMILES string of the molecule is CN(C)C(CNC(=O)c1cn(-c2ccccc2)nc1-c1cccnc1)c1ccco1. The Bertz CT molecular complexity index is 1090. The highest BCUT2D eigenvalue weighted by Crippen LogP contribution is 2.24. The maximum atomic E-state index is 13.1. The van der Waals surface area contributed by atoms with Crippen LogP contribution < -0.4 is 5.32 Å². The number of carbonyl (C=O) groups is 1. The highest BCUT2D eigenvalue weighted by atomic mass is 16.3. The van der Waals surface area contributed by atoms with Crippen LogP contribution in [0.15, 0.2) is 83.9 Å². The standard InChI is InChI=1S/C23H23N5O2/c1-27(2)20(21-11-7-13-30-21)15-25-23(29)19-16-28(18-9-4-3-5-10-18)26-22(19)17-8-6-12-24-14-17/h3-14,16,20H,15H2,1-2H3,(H,25,29). The van der Waals surface area contributed by atoms with Gasteiger partial charge in [0.2, 0.25) is 0 Å². The lowest BCUT2D eigenvalue weighted by atomic mass is 10.1. The molecule has 0 aliphatic carbocycles. The number of amides is 1. The maximum Gasteiger partial charge on any atom is 0.255 e. The van der Waals surface area contributed by atoms with Crippen LogP contribution in [0.25, 0.3) is 16.9 Å². The van der Waals surface area contributed by atoms with E-state index in [-0.39, 0.29) is 11.9 Å². The largest absolute Gasteiger partial charge is 0.468 e. The lowest BCUT2D eigenvalue weighted by Gasteiger charge is -2.22. The van der Waals surface area contributed by atoms with Gasteiger partial charge in [-0.05, 0) is 50.5 Å². The predicted octanol–water partition coefficient (Wildman–Crippen LogP) is 3.56. The summed E-state index contributed by atoms with van der Waals surface area (Å²) < 4.78 is 7.25. The van der Waals surface area contributed by atoms with Gasteiger partial charge in [-0.1, -0.05) is 18.2 Å². The third kappa shape index (κ3) is 4.16. The molecular weight excluding hydrogens is 378 g/mol. The van der Waals surface area contributed by atoms with Crippen molar-refractivity contribution in [3.05, 3.63) is 90.8 Å². The second kappa shape index (κ2) is 8.75. The zero-order chi connectivity index (χ0) is 20.9. The fourth-order valence-corrected chi connectivity index (χ4v) is 3.27. The normalized spacial score (nSPS) is 12.1. The van der Waals surface area contributed by atoms with E-state index in [0.29, 0.717) is 17.8 Å². The first kappa shape index (κ1) is 19.6. The zero-order valence-corrected chi connectivity index (χ0v) is 16.9. The smallest absolute Gasteiger partial charge is 0.255 e. The van der Waals surface area contributed by atoms with Gasteiger partial charge < -0.3 is 9.73 Å². The third-order valence-corrected chi connectivity index (χ3v) is 4.87. The molecule has 3 aromatic heterocycles. The van der Waals surface area contributed by atoms with Crippen molar-refractivity contribution in [1.82, 2.24) is 25.0 Å². The van der Waals surface area contributed by atoms with E-state index in [1.165, 1.54) is 0 Å². The molecule has 7 heteroatoms. The van der Waals surface area contributed by atoms with Crippen molar-refractivity contribution in [2.24, 2.45) is 0 Å². The average molecular weight is 401 g/mol. The van der Waals surface area contributed by atoms with Crippen LogP contribution in [-0.4, -0.2) is 46.2 Å². The van der Waals surface area contributed by atoms with E-state index in [1.807, 2.05) is 73.6 Å². The van der Waals surface area contributed by atoms with Crippen LogP contribution in [0.2, 0.25) is 0 Å². The highest BCUT2D eigenvalue weighted by Gasteiger charge is 2.22. The van der Waals surface area contributed by atoms with E-state index in [1.54, 1.807) is 29.5 Å². The van der Waals surface area contributed by atoms with E-state index in [9.17, 15) is 4.79 Å². The van der Waals surface area contributed by atoms with Gasteiger partial charge in [0, 0.05) is 30.7 Å². The molecule has 0 saturated carbocycles. The topological polar surface area (TPSA) is 76.2 Å². The number of nitrogens with one attached hydrogen (secondary N) is 1. The summed E-state index contributed by atoms with van der Waals surface area (Å²) in [6, 6.07) is 17.1. The molecule has 4 aromatic rings. The second-order valence-corrected chi connectivity index (χ2v) is 7.12. The molecule has 1 amide bonds. The van der Waals surface area contributed by atoms with Crippen molar-refractivity contribution in [3.63, 3.8) is 0 Å². The summed E-state index contributed by atoms with van der Waals surface area (Å²) >= 11 is 0. The van der Waals surface area contributed by atoms with Crippen LogP contribution in [0.3, 0.4) is 0 Å². The summed E-state index contributed by atoms with van der Waals surface area (Å²) in [6.07, 6.45) is 6.80. The number of para-hydroxylation sites is 1. The minimum Gasteiger partial charge on any atom is -0.468 e. The van der Waals surface area contributed by atoms with Gasteiger partial charge in [0.25, 0.3) is 5.91 Å². The quantitative estimate of drug-likeness (QED) is 0.512. The first-order valence-electron chi connectivity index (χ1n) is 9.67. The average Bonchev–Trinajstić information content (AvgIpc) is 3.45. The number of hydrogen-bond acceptors (Lipinski definition) is 5. The van der Waals surface area contributed by atoms with Crippen molar-refractivity contribution in [3.8, 4) is 16.9 Å². The number of pyridine rings is 1. The minimum absolute atomic E-state index is 0.0741. The number of furan rings is 1. The Morgan fingerprint density at radius 2 is 1.97 bits per heavy atom. The predicted molar refractivity (Wildman–Crippen MR) is 114 cm³/mol. The van der Waals surface area contributed by atoms with Crippen LogP contribution in [-0.2, 0) is 0 Å². The lowest BCUT2D eigenvalue weighted by molar-refractivity contribution is 0.0939. The summed E-state index contributed by atoms with van der Waals surface area (Å²) in [6.45, 7) is 0.405. The molecule has 152 valence electrons. The lowest BCUT2D eigenvalue weighted by Crippen LogP contribution is -2.34. The Morgan fingerprint density at radius 1 is 1.13 bits per heavy atom. The maximum absolute atomic E-state index is 13.1. The molecule has 0 radical (unpaired) electrons. The highest BCUT2D eigenvalue weighted by molar-refractivity contribution is 5.99. The van der Waals surface area contributed by atoms with E-state index >= 15 is 0 Å². The van der Waals surface area contributed by atoms with Gasteiger partial charge in [0.1, 0.15) is 11.5 Å². The number of hydrogen-bond donors (Lipinski definition) is 1. The van der Waals surface area contributed by atoms with Crippen LogP contribution in [0, 0.1) is 0 Å². The Kier molecular flexibility index (Phi) is 5.72. The molecule has 4 rings (SSSR count). The molecule has 1 unspecified atom stereocenters. The molecule has 1 N–H and O–H groups in total. The summed E-state index contributed by atoms with van der Waals surface area (Å²) in [7, 11) is 3.90. The second-order valence-electron chi connectivity index (χ2n) is 7.12. The number of aromatic nitrogens is 3. The molecule has 0 fully saturated rings. The number of likely N-dealkylation sites (N-methyl/N-ethyl adjacent to an activating group) is 1. The van der Waals surface area contributed by atoms with Gasteiger partial charge in [-0.25, -0.2) is 4.68 Å². The molecule has 1 aromatic carbocycles. The Hall–Kier alpha value is -3.71. The van der Waals surface area contributed by atoms with E-state index < -0.39 is 0 Å². The van der Waals surface area contributed by atoms with Gasteiger partial charge in [-0.15, -0.1) is 0 Å². The first-order chi connectivity index (χ1) is 14.6. The van der Waals surface area contributed by atoms with Crippen LogP contribution >= 0.6 is 0 Å². The molecule has 0 spiro atoms. The zero-order valence-electron chi connectivity index (χ0n) is 16.9. The van der Waals surface area contributed by atoms with E-state index in [4.69, 9.17) is 4.42 Å². The summed E-state index contributed by atoms with van der Waals surface area (Å²) in [5, 5.41) is 7.70. The summed E-state index contributed by atoms with van der Waals surface area (Å²) in [5.41, 5.74) is 2.74. The summed E-state index contributed by atoms with van der Waals surface area (Å²) in [5.74, 6) is 0.599. The van der Waals surface area contributed by atoms with Crippen molar-refractivity contribution in [2.45, 2.75) is 6.04 Å². The van der Waals surface area contributed by atoms with Gasteiger partial charge in [0.15, 0.2) is 0 Å². The fourth-order valence-electron chi connectivity index (χ4n) is 3.27. The van der Waals surface area contributed by atoms with Gasteiger partial charge in [-0.3, -0.25) is 14.7 Å². The monoisotopic (exact) mass is 401 g/mol. The summed E-state index contributed by atoms with van der Waals surface area (Å²) in [4.78, 5) is 19.3. The molecule has 3 heterocycles. The minimum atomic E-state index is -0.200. The van der Waals surface area contributed by atoms with E-state index in [2.05, 4.69) is 15.4 Å². The molecule has 0 saturated heterocycles. The molecule has 30 heavy (non-hydrogen) atoms. The first-order valence-corrected chi connectivity index (χ1v) is 9.67. The number of benzene rings is 1. The molecule has 0 aliphatic heterocycles. The molecular formula is C23H23N5O2. The Balaban J connectivity index is 1.63. The molecule has 1 atom stereocenters.